The predicted molar refractivity (Wildman–Crippen MR) is 119 cm³/mol. The van der Waals surface area contributed by atoms with Gasteiger partial charge in [-0.3, -0.25) is 4.79 Å². The van der Waals surface area contributed by atoms with Crippen LogP contribution in [0.25, 0.3) is 0 Å². The van der Waals surface area contributed by atoms with Crippen LogP contribution >= 0.6 is 0 Å². The van der Waals surface area contributed by atoms with E-state index < -0.39 is 6.04 Å². The van der Waals surface area contributed by atoms with Crippen molar-refractivity contribution in [3.05, 3.63) is 0 Å². The summed E-state index contributed by atoms with van der Waals surface area (Å²) in [7, 11) is 0. The number of amides is 1. The molecule has 1 saturated heterocycles. The number of unbranched alkanes of at least 4 members (excludes halogenated alkanes) is 10. The van der Waals surface area contributed by atoms with Gasteiger partial charge in [-0.05, 0) is 19.3 Å². The number of hydrogen-bond acceptors (Lipinski definition) is 5. The molecule has 1 amide bonds. The Morgan fingerprint density at radius 3 is 2.10 bits per heavy atom. The van der Waals surface area contributed by atoms with E-state index in [4.69, 9.17) is 14.2 Å². The van der Waals surface area contributed by atoms with Crippen LogP contribution in [-0.4, -0.2) is 50.4 Å². The van der Waals surface area contributed by atoms with E-state index >= 15 is 0 Å². The summed E-state index contributed by atoms with van der Waals surface area (Å²) in [5.74, 6) is -0.458. The SMILES string of the molecule is CCCCCCCCOCC(COC(=O)C1CCC(=O)N1)OCCCCCCCC. The van der Waals surface area contributed by atoms with Crippen LogP contribution in [-0.2, 0) is 23.8 Å². The lowest BCUT2D eigenvalue weighted by Gasteiger charge is -2.19. The van der Waals surface area contributed by atoms with Crippen molar-refractivity contribution in [1.82, 2.24) is 5.32 Å². The molecule has 0 bridgehead atoms. The fourth-order valence-electron chi connectivity index (χ4n) is 3.54. The Morgan fingerprint density at radius 2 is 1.50 bits per heavy atom. The van der Waals surface area contributed by atoms with Crippen LogP contribution in [0.4, 0.5) is 0 Å². The zero-order chi connectivity index (χ0) is 21.9. The van der Waals surface area contributed by atoms with E-state index in [1.165, 1.54) is 64.2 Å². The van der Waals surface area contributed by atoms with E-state index in [2.05, 4.69) is 19.2 Å². The van der Waals surface area contributed by atoms with E-state index in [0.29, 0.717) is 26.1 Å². The van der Waals surface area contributed by atoms with Gasteiger partial charge in [0.05, 0.1) is 6.61 Å². The lowest BCUT2D eigenvalue weighted by Crippen LogP contribution is -2.37. The van der Waals surface area contributed by atoms with Crippen LogP contribution in [0.15, 0.2) is 0 Å². The molecule has 1 fully saturated rings. The molecule has 1 heterocycles. The van der Waals surface area contributed by atoms with Crippen molar-refractivity contribution in [1.29, 1.82) is 0 Å². The van der Waals surface area contributed by atoms with Gasteiger partial charge in [0.2, 0.25) is 5.91 Å². The van der Waals surface area contributed by atoms with Gasteiger partial charge >= 0.3 is 5.97 Å². The molecule has 1 N–H and O–H groups in total. The Hall–Kier alpha value is -1.14. The van der Waals surface area contributed by atoms with E-state index in [1.807, 2.05) is 0 Å². The normalized spacial score (nSPS) is 17.1. The summed E-state index contributed by atoms with van der Waals surface area (Å²) >= 11 is 0. The first-order chi connectivity index (χ1) is 14.7. The highest BCUT2D eigenvalue weighted by Gasteiger charge is 2.29. The first-order valence-electron chi connectivity index (χ1n) is 12.3. The number of rotatable bonds is 20. The Morgan fingerprint density at radius 1 is 0.900 bits per heavy atom. The van der Waals surface area contributed by atoms with Gasteiger partial charge in [-0.2, -0.15) is 0 Å². The molecule has 176 valence electrons. The average Bonchev–Trinajstić information content (AvgIpc) is 3.18. The van der Waals surface area contributed by atoms with E-state index in [9.17, 15) is 9.59 Å². The molecule has 1 rings (SSSR count). The first kappa shape index (κ1) is 26.9. The number of hydrogen-bond donors (Lipinski definition) is 1. The lowest BCUT2D eigenvalue weighted by molar-refractivity contribution is -0.152. The molecule has 0 aromatic heterocycles. The van der Waals surface area contributed by atoms with Gasteiger partial charge in [0, 0.05) is 19.6 Å². The molecular weight excluding hydrogens is 382 g/mol. The molecule has 0 aliphatic carbocycles. The van der Waals surface area contributed by atoms with Crippen molar-refractivity contribution < 1.29 is 23.8 Å². The van der Waals surface area contributed by atoms with Crippen LogP contribution in [0.1, 0.15) is 104 Å². The summed E-state index contributed by atoms with van der Waals surface area (Å²) in [6, 6.07) is -0.513. The van der Waals surface area contributed by atoms with Crippen molar-refractivity contribution in [3.8, 4) is 0 Å². The van der Waals surface area contributed by atoms with Crippen LogP contribution in [0, 0.1) is 0 Å². The topological polar surface area (TPSA) is 73.9 Å². The second kappa shape index (κ2) is 18.6. The maximum Gasteiger partial charge on any atom is 0.328 e. The number of carbonyl (C=O) groups is 2. The largest absolute Gasteiger partial charge is 0.461 e. The van der Waals surface area contributed by atoms with Crippen molar-refractivity contribution in [3.63, 3.8) is 0 Å². The molecule has 0 spiro atoms. The minimum Gasteiger partial charge on any atom is -0.461 e. The molecule has 6 heteroatoms. The van der Waals surface area contributed by atoms with Crippen molar-refractivity contribution in [2.75, 3.05) is 26.4 Å². The molecular formula is C24H45NO5. The highest BCUT2D eigenvalue weighted by Crippen LogP contribution is 2.10. The van der Waals surface area contributed by atoms with E-state index in [0.717, 1.165) is 19.4 Å². The molecule has 2 atom stereocenters. The third-order valence-corrected chi connectivity index (χ3v) is 5.49. The molecule has 0 aromatic rings. The summed E-state index contributed by atoms with van der Waals surface area (Å²) in [4.78, 5) is 23.4. The molecule has 1 aliphatic rings. The van der Waals surface area contributed by atoms with Gasteiger partial charge in [0.25, 0.3) is 0 Å². The van der Waals surface area contributed by atoms with Gasteiger partial charge in [0.1, 0.15) is 18.8 Å². The predicted octanol–water partition coefficient (Wildman–Crippen LogP) is 4.93. The van der Waals surface area contributed by atoms with Gasteiger partial charge < -0.3 is 19.5 Å². The lowest BCUT2D eigenvalue weighted by atomic mass is 10.1. The highest BCUT2D eigenvalue weighted by molar-refractivity contribution is 5.88. The average molecular weight is 428 g/mol. The summed E-state index contributed by atoms with van der Waals surface area (Å²) < 4.78 is 17.2. The fraction of sp³-hybridized carbons (Fsp3) is 0.917. The smallest absolute Gasteiger partial charge is 0.328 e. The van der Waals surface area contributed by atoms with Gasteiger partial charge in [0.15, 0.2) is 0 Å². The highest BCUT2D eigenvalue weighted by atomic mass is 16.6. The minimum absolute atomic E-state index is 0.0879. The second-order valence-electron chi connectivity index (χ2n) is 8.39. The first-order valence-corrected chi connectivity index (χ1v) is 12.3. The summed E-state index contributed by atoms with van der Waals surface area (Å²) in [5.41, 5.74) is 0. The van der Waals surface area contributed by atoms with Crippen LogP contribution in [0.5, 0.6) is 0 Å². The molecule has 30 heavy (non-hydrogen) atoms. The summed E-state index contributed by atoms with van der Waals surface area (Å²) in [5, 5.41) is 2.65. The van der Waals surface area contributed by atoms with Crippen molar-refractivity contribution in [2.45, 2.75) is 116 Å². The van der Waals surface area contributed by atoms with Gasteiger partial charge in [-0.25, -0.2) is 4.79 Å². The zero-order valence-electron chi connectivity index (χ0n) is 19.4. The summed E-state index contributed by atoms with van der Waals surface area (Å²) in [6.07, 6.45) is 15.3. The molecule has 1 aliphatic heterocycles. The van der Waals surface area contributed by atoms with Crippen molar-refractivity contribution >= 4 is 11.9 Å². The minimum atomic E-state index is -0.513. The van der Waals surface area contributed by atoms with Crippen LogP contribution < -0.4 is 5.32 Å². The Bertz CT molecular complexity index is 443. The molecule has 0 radical (unpaired) electrons. The quantitative estimate of drug-likeness (QED) is 0.220. The van der Waals surface area contributed by atoms with Crippen LogP contribution in [0.2, 0.25) is 0 Å². The van der Waals surface area contributed by atoms with Gasteiger partial charge in [-0.15, -0.1) is 0 Å². The Labute approximate surface area is 183 Å². The van der Waals surface area contributed by atoms with Gasteiger partial charge in [-0.1, -0.05) is 78.1 Å². The molecule has 6 nitrogen and oxygen atoms in total. The number of nitrogens with one attached hydrogen (secondary N) is 1. The summed E-state index contributed by atoms with van der Waals surface area (Å²) in [6.45, 7) is 6.44. The standard InChI is InChI=1S/C24H45NO5/c1-3-5-7-9-11-13-17-28-19-21(29-18-14-12-10-8-6-4-2)20-30-24(27)22-15-16-23(26)25-22/h21-22H,3-20H2,1-2H3,(H,25,26). The number of carbonyl (C=O) groups excluding carboxylic acids is 2. The number of ether oxygens (including phenoxy) is 3. The van der Waals surface area contributed by atoms with Crippen LogP contribution in [0.3, 0.4) is 0 Å². The molecule has 2 unspecified atom stereocenters. The second-order valence-corrected chi connectivity index (χ2v) is 8.39. The van der Waals surface area contributed by atoms with E-state index in [1.54, 1.807) is 0 Å². The monoisotopic (exact) mass is 427 g/mol. The third-order valence-electron chi connectivity index (χ3n) is 5.49. The molecule has 0 saturated carbocycles. The maximum atomic E-state index is 12.1. The Balaban J connectivity index is 2.22. The number of esters is 1. The van der Waals surface area contributed by atoms with Crippen molar-refractivity contribution in [2.24, 2.45) is 0 Å². The third kappa shape index (κ3) is 14.0. The maximum absolute atomic E-state index is 12.1. The zero-order valence-corrected chi connectivity index (χ0v) is 19.4. The molecule has 0 aromatic carbocycles. The van der Waals surface area contributed by atoms with E-state index in [-0.39, 0.29) is 24.6 Å². The fourth-order valence-corrected chi connectivity index (χ4v) is 3.54. The Kier molecular flexibility index (Phi) is 16.7.